The van der Waals surface area contributed by atoms with E-state index in [1.54, 1.807) is 24.7 Å². The zero-order chi connectivity index (χ0) is 12.5. The Labute approximate surface area is 102 Å². The maximum absolute atomic E-state index is 5.60. The number of anilines is 1. The highest BCUT2D eigenvalue weighted by molar-refractivity contribution is 5.59. The summed E-state index contributed by atoms with van der Waals surface area (Å²) in [5, 5.41) is 3.88. The summed E-state index contributed by atoms with van der Waals surface area (Å²) < 4.78 is 6.99. The third-order valence-electron chi connectivity index (χ3n) is 2.39. The summed E-state index contributed by atoms with van der Waals surface area (Å²) in [6.45, 7) is 0. The van der Waals surface area contributed by atoms with Crippen LogP contribution in [0.5, 0.6) is 0 Å². The third kappa shape index (κ3) is 1.81. The Hall–Kier alpha value is -2.70. The topological polar surface area (TPSA) is 95.7 Å². The Morgan fingerprint density at radius 2 is 2.22 bits per heavy atom. The normalized spacial score (nSPS) is 10.7. The number of hydrogen-bond acceptors (Lipinski definition) is 6. The predicted octanol–water partition coefficient (Wildman–Crippen LogP) is 1.11. The maximum Gasteiger partial charge on any atom is 0.258 e. The van der Waals surface area contributed by atoms with E-state index in [0.29, 0.717) is 23.2 Å². The van der Waals surface area contributed by atoms with Crippen molar-refractivity contribution < 1.29 is 4.52 Å². The van der Waals surface area contributed by atoms with Gasteiger partial charge in [-0.25, -0.2) is 9.97 Å². The van der Waals surface area contributed by atoms with Crippen LogP contribution in [0.15, 0.2) is 35.4 Å². The largest absolute Gasteiger partial charge is 0.384 e. The van der Waals surface area contributed by atoms with Crippen molar-refractivity contribution >= 4 is 5.82 Å². The highest BCUT2D eigenvalue weighted by Crippen LogP contribution is 2.21. The molecule has 0 aliphatic heterocycles. The second kappa shape index (κ2) is 3.95. The van der Waals surface area contributed by atoms with E-state index >= 15 is 0 Å². The van der Waals surface area contributed by atoms with Crippen molar-refractivity contribution in [3.8, 4) is 23.0 Å². The number of imidazole rings is 1. The first-order valence-corrected chi connectivity index (χ1v) is 5.26. The zero-order valence-corrected chi connectivity index (χ0v) is 9.61. The molecule has 0 spiro atoms. The van der Waals surface area contributed by atoms with Gasteiger partial charge in [-0.3, -0.25) is 0 Å². The van der Waals surface area contributed by atoms with Crippen LogP contribution in [-0.2, 0) is 7.05 Å². The van der Waals surface area contributed by atoms with E-state index in [2.05, 4.69) is 20.1 Å². The van der Waals surface area contributed by atoms with E-state index < -0.39 is 0 Å². The Bertz CT molecular complexity index is 686. The van der Waals surface area contributed by atoms with Crippen molar-refractivity contribution in [3.05, 3.63) is 30.9 Å². The minimum Gasteiger partial charge on any atom is -0.384 e. The van der Waals surface area contributed by atoms with Crippen LogP contribution in [0.2, 0.25) is 0 Å². The second-order valence-corrected chi connectivity index (χ2v) is 3.82. The molecule has 0 radical (unpaired) electrons. The summed E-state index contributed by atoms with van der Waals surface area (Å²) in [6.07, 6.45) is 5.08. The summed E-state index contributed by atoms with van der Waals surface area (Å²) in [4.78, 5) is 12.3. The fourth-order valence-corrected chi connectivity index (χ4v) is 1.55. The van der Waals surface area contributed by atoms with Crippen molar-refractivity contribution in [2.45, 2.75) is 0 Å². The van der Waals surface area contributed by atoms with E-state index in [1.165, 1.54) is 0 Å². The molecule has 3 aromatic heterocycles. The second-order valence-electron chi connectivity index (χ2n) is 3.82. The molecule has 0 atom stereocenters. The molecule has 0 fully saturated rings. The summed E-state index contributed by atoms with van der Waals surface area (Å²) >= 11 is 0. The van der Waals surface area contributed by atoms with E-state index in [4.69, 9.17) is 10.3 Å². The van der Waals surface area contributed by atoms with Gasteiger partial charge in [0.2, 0.25) is 5.82 Å². The van der Waals surface area contributed by atoms with Crippen LogP contribution >= 0.6 is 0 Å². The molecule has 3 rings (SSSR count). The van der Waals surface area contributed by atoms with Crippen molar-refractivity contribution in [2.24, 2.45) is 7.05 Å². The average molecular weight is 242 g/mol. The van der Waals surface area contributed by atoms with E-state index in [1.807, 2.05) is 17.8 Å². The quantitative estimate of drug-likeness (QED) is 0.723. The molecule has 0 saturated carbocycles. The number of aromatic nitrogens is 5. The van der Waals surface area contributed by atoms with Crippen molar-refractivity contribution in [1.82, 2.24) is 24.7 Å². The van der Waals surface area contributed by atoms with Gasteiger partial charge in [0.05, 0.1) is 6.33 Å². The summed E-state index contributed by atoms with van der Waals surface area (Å²) in [5.74, 6) is 1.25. The van der Waals surface area contributed by atoms with Crippen LogP contribution in [-0.4, -0.2) is 24.7 Å². The van der Waals surface area contributed by atoms with Gasteiger partial charge in [-0.15, -0.1) is 0 Å². The highest BCUT2D eigenvalue weighted by Gasteiger charge is 2.12. The van der Waals surface area contributed by atoms with Gasteiger partial charge in [-0.2, -0.15) is 4.98 Å². The van der Waals surface area contributed by atoms with Gasteiger partial charge in [0, 0.05) is 25.0 Å². The van der Waals surface area contributed by atoms with Gasteiger partial charge in [0.1, 0.15) is 11.5 Å². The molecule has 7 heteroatoms. The maximum atomic E-state index is 5.60. The van der Waals surface area contributed by atoms with E-state index in [-0.39, 0.29) is 0 Å². The average Bonchev–Trinajstić information content (AvgIpc) is 2.97. The standard InChI is InChI=1S/C11H10N6O/c1-17-5-8(14-6-17)10-15-11(18-16-10)7-2-3-13-9(12)4-7/h2-6H,1H3,(H2,12,13). The Morgan fingerprint density at radius 1 is 1.33 bits per heavy atom. The fourth-order valence-electron chi connectivity index (χ4n) is 1.55. The molecule has 0 aliphatic rings. The number of aryl methyl sites for hydroxylation is 1. The first kappa shape index (κ1) is 10.5. The summed E-state index contributed by atoms with van der Waals surface area (Å²) in [5.41, 5.74) is 7.00. The lowest BCUT2D eigenvalue weighted by atomic mass is 10.2. The SMILES string of the molecule is Cn1cnc(-c2noc(-c3ccnc(N)c3)n2)c1. The Morgan fingerprint density at radius 3 is 2.94 bits per heavy atom. The lowest BCUT2D eigenvalue weighted by Gasteiger charge is -1.94. The lowest BCUT2D eigenvalue weighted by molar-refractivity contribution is 0.432. The smallest absolute Gasteiger partial charge is 0.258 e. The summed E-state index contributed by atoms with van der Waals surface area (Å²) in [6, 6.07) is 3.43. The molecule has 0 aromatic carbocycles. The molecule has 90 valence electrons. The number of rotatable bonds is 2. The van der Waals surface area contributed by atoms with Crippen LogP contribution in [0.25, 0.3) is 23.0 Å². The number of hydrogen-bond donors (Lipinski definition) is 1. The van der Waals surface area contributed by atoms with Crippen LogP contribution in [0, 0.1) is 0 Å². The summed E-state index contributed by atoms with van der Waals surface area (Å²) in [7, 11) is 1.88. The molecule has 7 nitrogen and oxygen atoms in total. The Kier molecular flexibility index (Phi) is 2.30. The molecule has 0 aliphatic carbocycles. The van der Waals surface area contributed by atoms with Crippen molar-refractivity contribution in [1.29, 1.82) is 0 Å². The minimum absolute atomic E-state index is 0.393. The molecular formula is C11H10N6O. The van der Waals surface area contributed by atoms with Gasteiger partial charge in [-0.05, 0) is 12.1 Å². The van der Waals surface area contributed by atoms with Crippen molar-refractivity contribution in [3.63, 3.8) is 0 Å². The third-order valence-corrected chi connectivity index (χ3v) is 2.39. The van der Waals surface area contributed by atoms with Gasteiger partial charge in [0.25, 0.3) is 5.89 Å². The van der Waals surface area contributed by atoms with E-state index in [0.717, 1.165) is 5.56 Å². The number of nitrogens with zero attached hydrogens (tertiary/aromatic N) is 5. The highest BCUT2D eigenvalue weighted by atomic mass is 16.5. The molecule has 0 unspecified atom stereocenters. The van der Waals surface area contributed by atoms with Crippen molar-refractivity contribution in [2.75, 3.05) is 5.73 Å². The van der Waals surface area contributed by atoms with Gasteiger partial charge in [0.15, 0.2) is 0 Å². The van der Waals surface area contributed by atoms with Gasteiger partial charge < -0.3 is 14.8 Å². The molecule has 18 heavy (non-hydrogen) atoms. The number of nitrogens with two attached hydrogens (primary N) is 1. The molecule has 2 N–H and O–H groups in total. The van der Waals surface area contributed by atoms with Gasteiger partial charge in [-0.1, -0.05) is 5.16 Å². The van der Waals surface area contributed by atoms with Crippen LogP contribution < -0.4 is 5.73 Å². The lowest BCUT2D eigenvalue weighted by Crippen LogP contribution is -1.89. The molecule has 0 saturated heterocycles. The molecule has 3 aromatic rings. The first-order valence-electron chi connectivity index (χ1n) is 5.26. The van der Waals surface area contributed by atoms with Gasteiger partial charge >= 0.3 is 0 Å². The minimum atomic E-state index is 0.393. The molecule has 0 amide bonds. The molecule has 3 heterocycles. The zero-order valence-electron chi connectivity index (χ0n) is 9.61. The monoisotopic (exact) mass is 242 g/mol. The van der Waals surface area contributed by atoms with Crippen LogP contribution in [0.1, 0.15) is 0 Å². The molecular weight excluding hydrogens is 232 g/mol. The fraction of sp³-hybridized carbons (Fsp3) is 0.0909. The van der Waals surface area contributed by atoms with E-state index in [9.17, 15) is 0 Å². The Balaban J connectivity index is 1.99. The van der Waals surface area contributed by atoms with Crippen LogP contribution in [0.3, 0.4) is 0 Å². The number of nitrogen functional groups attached to an aromatic ring is 1. The van der Waals surface area contributed by atoms with Crippen LogP contribution in [0.4, 0.5) is 5.82 Å². The number of pyridine rings is 1. The predicted molar refractivity (Wildman–Crippen MR) is 64.1 cm³/mol. The molecule has 0 bridgehead atoms. The first-order chi connectivity index (χ1) is 8.72.